The van der Waals surface area contributed by atoms with Crippen molar-refractivity contribution in [3.8, 4) is 5.75 Å². The van der Waals surface area contributed by atoms with E-state index in [2.05, 4.69) is 11.6 Å². The zero-order chi connectivity index (χ0) is 12.3. The quantitative estimate of drug-likeness (QED) is 0.785. The summed E-state index contributed by atoms with van der Waals surface area (Å²) in [5, 5.41) is 0. The summed E-state index contributed by atoms with van der Waals surface area (Å²) < 4.78 is 30.1. The lowest BCUT2D eigenvalue weighted by atomic mass is 10.1. The zero-order valence-electron chi connectivity index (χ0n) is 9.68. The monoisotopic (exact) mass is 227 g/mol. The van der Waals surface area contributed by atoms with E-state index in [4.69, 9.17) is 4.74 Å². The van der Waals surface area contributed by atoms with Crippen molar-refractivity contribution in [1.29, 1.82) is 0 Å². The first-order valence-electron chi connectivity index (χ1n) is 4.93. The maximum atomic E-state index is 12.6. The third-order valence-corrected chi connectivity index (χ3v) is 1.95. The molecule has 0 aliphatic carbocycles. The highest BCUT2D eigenvalue weighted by atomic mass is 19.3. The molecule has 0 unspecified atom stereocenters. The van der Waals surface area contributed by atoms with Gasteiger partial charge in [0.15, 0.2) is 6.61 Å². The molecule has 1 aromatic heterocycles. The number of alkyl halides is 2. The molecule has 0 fully saturated rings. The van der Waals surface area contributed by atoms with Crippen LogP contribution < -0.4 is 4.74 Å². The molecule has 0 aliphatic heterocycles. The van der Waals surface area contributed by atoms with Crippen molar-refractivity contribution in [3.63, 3.8) is 0 Å². The van der Waals surface area contributed by atoms with Crippen LogP contribution in [0.5, 0.6) is 5.75 Å². The van der Waals surface area contributed by atoms with Gasteiger partial charge in [-0.15, -0.1) is 0 Å². The molecule has 1 rings (SSSR count). The fraction of sp³-hybridized carbons (Fsp3) is 0.417. The number of hydrogen-bond donors (Lipinski definition) is 0. The second-order valence-corrected chi connectivity index (χ2v) is 3.98. The predicted octanol–water partition coefficient (Wildman–Crippen LogP) is 3.46. The van der Waals surface area contributed by atoms with Gasteiger partial charge in [-0.1, -0.05) is 6.58 Å². The van der Waals surface area contributed by atoms with E-state index in [0.29, 0.717) is 5.75 Å². The van der Waals surface area contributed by atoms with E-state index >= 15 is 0 Å². The third-order valence-electron chi connectivity index (χ3n) is 1.95. The molecule has 1 aromatic rings. The molecule has 0 aliphatic rings. The summed E-state index contributed by atoms with van der Waals surface area (Å²) in [6.07, 6.45) is 1.43. The number of rotatable bonds is 4. The van der Waals surface area contributed by atoms with E-state index in [1.54, 1.807) is 6.07 Å². The Morgan fingerprint density at radius 1 is 1.56 bits per heavy atom. The zero-order valence-corrected chi connectivity index (χ0v) is 9.68. The highest BCUT2D eigenvalue weighted by molar-refractivity contribution is 5.61. The largest absolute Gasteiger partial charge is 0.486 e. The van der Waals surface area contributed by atoms with Crippen LogP contribution in [-0.4, -0.2) is 17.5 Å². The van der Waals surface area contributed by atoms with Gasteiger partial charge in [0.25, 0.3) is 5.92 Å². The fourth-order valence-electron chi connectivity index (χ4n) is 1.28. The SMILES string of the molecule is C=C(C)c1ncc(OCC(C)(F)F)cc1C. The Morgan fingerprint density at radius 2 is 2.19 bits per heavy atom. The van der Waals surface area contributed by atoms with Gasteiger partial charge in [-0.2, -0.15) is 0 Å². The summed E-state index contributed by atoms with van der Waals surface area (Å²) in [6, 6.07) is 1.68. The van der Waals surface area contributed by atoms with Crippen LogP contribution in [0.3, 0.4) is 0 Å². The molecule has 0 radical (unpaired) electrons. The van der Waals surface area contributed by atoms with Crippen molar-refractivity contribution < 1.29 is 13.5 Å². The maximum Gasteiger partial charge on any atom is 0.278 e. The lowest BCUT2D eigenvalue weighted by Crippen LogP contribution is -2.21. The third kappa shape index (κ3) is 3.61. The minimum absolute atomic E-state index is 0.351. The number of aryl methyl sites for hydroxylation is 1. The summed E-state index contributed by atoms with van der Waals surface area (Å²) in [6.45, 7) is 7.64. The van der Waals surface area contributed by atoms with Crippen LogP contribution in [0.4, 0.5) is 8.78 Å². The van der Waals surface area contributed by atoms with Gasteiger partial charge in [-0.05, 0) is 31.1 Å². The summed E-state index contributed by atoms with van der Waals surface area (Å²) in [5.41, 5.74) is 2.48. The van der Waals surface area contributed by atoms with E-state index in [-0.39, 0.29) is 0 Å². The number of nitrogens with zero attached hydrogens (tertiary/aromatic N) is 1. The maximum absolute atomic E-state index is 12.6. The second-order valence-electron chi connectivity index (χ2n) is 3.98. The molecule has 0 N–H and O–H groups in total. The van der Waals surface area contributed by atoms with Crippen LogP contribution >= 0.6 is 0 Å². The van der Waals surface area contributed by atoms with Gasteiger partial charge in [0.1, 0.15) is 5.75 Å². The normalized spacial score (nSPS) is 11.3. The van der Waals surface area contributed by atoms with Crippen molar-refractivity contribution >= 4 is 5.57 Å². The Morgan fingerprint density at radius 3 is 2.62 bits per heavy atom. The molecule has 88 valence electrons. The number of allylic oxidation sites excluding steroid dienone is 1. The van der Waals surface area contributed by atoms with Gasteiger partial charge >= 0.3 is 0 Å². The summed E-state index contributed by atoms with van der Waals surface area (Å²) >= 11 is 0. The van der Waals surface area contributed by atoms with Crippen molar-refractivity contribution in [3.05, 3.63) is 30.1 Å². The molecule has 4 heteroatoms. The van der Waals surface area contributed by atoms with Gasteiger partial charge < -0.3 is 4.74 Å². The highest BCUT2D eigenvalue weighted by Gasteiger charge is 2.22. The Bertz CT molecular complexity index is 396. The van der Waals surface area contributed by atoms with Crippen molar-refractivity contribution in [2.24, 2.45) is 0 Å². The van der Waals surface area contributed by atoms with E-state index in [9.17, 15) is 8.78 Å². The number of halogens is 2. The van der Waals surface area contributed by atoms with Crippen molar-refractivity contribution in [1.82, 2.24) is 4.98 Å². The number of hydrogen-bond acceptors (Lipinski definition) is 2. The van der Waals surface area contributed by atoms with Gasteiger partial charge in [-0.3, -0.25) is 4.98 Å². The highest BCUT2D eigenvalue weighted by Crippen LogP contribution is 2.21. The molecule has 2 nitrogen and oxygen atoms in total. The number of ether oxygens (including phenoxy) is 1. The molecule has 0 saturated carbocycles. The molecule has 0 saturated heterocycles. The van der Waals surface area contributed by atoms with E-state index in [1.807, 2.05) is 13.8 Å². The first-order valence-corrected chi connectivity index (χ1v) is 4.93. The lowest BCUT2D eigenvalue weighted by Gasteiger charge is -2.13. The Labute approximate surface area is 94.0 Å². The van der Waals surface area contributed by atoms with Gasteiger partial charge in [0.05, 0.1) is 11.9 Å². The Balaban J connectivity index is 2.78. The number of pyridine rings is 1. The van der Waals surface area contributed by atoms with Crippen LogP contribution in [0.1, 0.15) is 25.1 Å². The first kappa shape index (κ1) is 12.6. The van der Waals surface area contributed by atoms with Gasteiger partial charge in [-0.25, -0.2) is 8.78 Å². The average Bonchev–Trinajstić information content (AvgIpc) is 2.13. The fourth-order valence-corrected chi connectivity index (χ4v) is 1.28. The Kier molecular flexibility index (Phi) is 3.62. The van der Waals surface area contributed by atoms with E-state index in [1.165, 1.54) is 6.20 Å². The second kappa shape index (κ2) is 4.60. The lowest BCUT2D eigenvalue weighted by molar-refractivity contribution is -0.0230. The predicted molar refractivity (Wildman–Crippen MR) is 59.8 cm³/mol. The molecular weight excluding hydrogens is 212 g/mol. The van der Waals surface area contributed by atoms with E-state index in [0.717, 1.165) is 23.8 Å². The van der Waals surface area contributed by atoms with Gasteiger partial charge in [0, 0.05) is 6.92 Å². The topological polar surface area (TPSA) is 22.1 Å². The van der Waals surface area contributed by atoms with Crippen molar-refractivity contribution in [2.75, 3.05) is 6.61 Å². The molecule has 0 aromatic carbocycles. The van der Waals surface area contributed by atoms with Crippen molar-refractivity contribution in [2.45, 2.75) is 26.7 Å². The molecule has 1 heterocycles. The van der Waals surface area contributed by atoms with Gasteiger partial charge in [0.2, 0.25) is 0 Å². The summed E-state index contributed by atoms with van der Waals surface area (Å²) in [4.78, 5) is 4.11. The first-order chi connectivity index (χ1) is 7.29. The molecular formula is C12H15F2NO. The molecule has 0 spiro atoms. The molecule has 0 atom stereocenters. The minimum Gasteiger partial charge on any atom is -0.486 e. The summed E-state index contributed by atoms with van der Waals surface area (Å²) in [5.74, 6) is -2.48. The minimum atomic E-state index is -2.83. The van der Waals surface area contributed by atoms with Crippen LogP contribution in [0.2, 0.25) is 0 Å². The standard InChI is InChI=1S/C12H15F2NO/c1-8(2)11-9(3)5-10(6-15-11)16-7-12(4,13)14/h5-6H,1,7H2,2-4H3. The van der Waals surface area contributed by atoms with Crippen LogP contribution in [0, 0.1) is 6.92 Å². The Hall–Kier alpha value is -1.45. The van der Waals surface area contributed by atoms with Crippen LogP contribution in [0.15, 0.2) is 18.8 Å². The molecule has 0 bridgehead atoms. The van der Waals surface area contributed by atoms with Crippen LogP contribution in [-0.2, 0) is 0 Å². The number of aromatic nitrogens is 1. The average molecular weight is 227 g/mol. The van der Waals surface area contributed by atoms with Crippen LogP contribution in [0.25, 0.3) is 5.57 Å². The summed E-state index contributed by atoms with van der Waals surface area (Å²) in [7, 11) is 0. The van der Waals surface area contributed by atoms with E-state index < -0.39 is 12.5 Å². The smallest absolute Gasteiger partial charge is 0.278 e. The molecule has 0 amide bonds. The molecule has 16 heavy (non-hydrogen) atoms.